The van der Waals surface area contributed by atoms with Crippen LogP contribution in [0.4, 0.5) is 5.13 Å². The number of ether oxygens (including phenoxy) is 1. The van der Waals surface area contributed by atoms with Crippen molar-refractivity contribution >= 4 is 42.6 Å². The molecule has 0 spiro atoms. The van der Waals surface area contributed by atoms with E-state index in [-0.39, 0.29) is 28.7 Å². The number of hydrogen-bond acceptors (Lipinski definition) is 6. The van der Waals surface area contributed by atoms with Crippen LogP contribution in [-0.2, 0) is 14.8 Å². The highest BCUT2D eigenvalue weighted by Gasteiger charge is 2.29. The predicted octanol–water partition coefficient (Wildman–Crippen LogP) is 6.55. The first-order valence-electron chi connectivity index (χ1n) is 13.9. The summed E-state index contributed by atoms with van der Waals surface area (Å²) in [5, 5.41) is 0.635. The first kappa shape index (κ1) is 29.6. The third-order valence-electron chi connectivity index (χ3n) is 6.82. The quantitative estimate of drug-likeness (QED) is 0.261. The SMILES string of the molecule is CC(C)CN(CC(C)C)S(=O)(=O)c1ccc(C(=O)N(CC2CCCO2)c2nc3c(C(C)C)cccc3s2)cc1. The Hall–Kier alpha value is -2.33. The largest absolute Gasteiger partial charge is 0.376 e. The van der Waals surface area contributed by atoms with Crippen molar-refractivity contribution in [2.45, 2.75) is 71.3 Å². The zero-order valence-electron chi connectivity index (χ0n) is 23.9. The Balaban J connectivity index is 1.66. The molecule has 1 unspecified atom stereocenters. The van der Waals surface area contributed by atoms with E-state index < -0.39 is 10.0 Å². The number of rotatable bonds is 11. The molecule has 0 radical (unpaired) electrons. The molecule has 2 heterocycles. The summed E-state index contributed by atoms with van der Waals surface area (Å²) in [4.78, 5) is 20.7. The summed E-state index contributed by atoms with van der Waals surface area (Å²) in [7, 11) is -3.68. The van der Waals surface area contributed by atoms with Crippen LogP contribution in [0.25, 0.3) is 10.2 Å². The number of para-hydroxylation sites is 1. The minimum atomic E-state index is -3.68. The number of aromatic nitrogens is 1. The van der Waals surface area contributed by atoms with E-state index in [1.165, 1.54) is 11.3 Å². The molecule has 9 heteroatoms. The zero-order valence-corrected chi connectivity index (χ0v) is 25.5. The van der Waals surface area contributed by atoms with E-state index >= 15 is 0 Å². The Kier molecular flexibility index (Phi) is 9.47. The van der Waals surface area contributed by atoms with E-state index in [0.717, 1.165) is 28.6 Å². The number of nitrogens with zero attached hydrogens (tertiary/aromatic N) is 3. The molecule has 39 heavy (non-hydrogen) atoms. The number of thiazole rings is 1. The number of benzene rings is 2. The number of fused-ring (bicyclic) bond motifs is 1. The minimum absolute atomic E-state index is 0.0502. The first-order valence-corrected chi connectivity index (χ1v) is 16.2. The van der Waals surface area contributed by atoms with Gasteiger partial charge in [-0.25, -0.2) is 13.4 Å². The molecule has 212 valence electrons. The summed E-state index contributed by atoms with van der Waals surface area (Å²) in [5.41, 5.74) is 2.51. The lowest BCUT2D eigenvalue weighted by atomic mass is 10.0. The molecule has 1 aromatic heterocycles. The number of amides is 1. The molecule has 0 aliphatic carbocycles. The predicted molar refractivity (Wildman–Crippen MR) is 159 cm³/mol. The summed E-state index contributed by atoms with van der Waals surface area (Å²) in [6.07, 6.45) is 1.82. The van der Waals surface area contributed by atoms with Gasteiger partial charge in [0.1, 0.15) is 0 Å². The van der Waals surface area contributed by atoms with Gasteiger partial charge in [-0.3, -0.25) is 9.69 Å². The van der Waals surface area contributed by atoms with E-state index in [9.17, 15) is 13.2 Å². The van der Waals surface area contributed by atoms with Crippen molar-refractivity contribution in [1.29, 1.82) is 0 Å². The number of carbonyl (C=O) groups excluding carboxylic acids is 1. The minimum Gasteiger partial charge on any atom is -0.376 e. The summed E-state index contributed by atoms with van der Waals surface area (Å²) >= 11 is 1.50. The molecule has 1 amide bonds. The van der Waals surface area contributed by atoms with Gasteiger partial charge in [-0.05, 0) is 66.5 Å². The summed E-state index contributed by atoms with van der Waals surface area (Å²) in [6, 6.07) is 12.5. The van der Waals surface area contributed by atoms with E-state index in [1.54, 1.807) is 33.5 Å². The highest BCUT2D eigenvalue weighted by atomic mass is 32.2. The lowest BCUT2D eigenvalue weighted by molar-refractivity contribution is 0.0917. The van der Waals surface area contributed by atoms with Crippen LogP contribution in [0.5, 0.6) is 0 Å². The third-order valence-corrected chi connectivity index (χ3v) is 9.71. The van der Waals surface area contributed by atoms with Crippen LogP contribution in [0.1, 0.15) is 76.2 Å². The monoisotopic (exact) mass is 571 g/mol. The molecule has 0 N–H and O–H groups in total. The maximum Gasteiger partial charge on any atom is 0.260 e. The maximum absolute atomic E-state index is 13.9. The molecular weight excluding hydrogens is 530 g/mol. The number of sulfonamides is 1. The zero-order chi connectivity index (χ0) is 28.3. The van der Waals surface area contributed by atoms with Gasteiger partial charge in [-0.15, -0.1) is 0 Å². The van der Waals surface area contributed by atoms with Gasteiger partial charge < -0.3 is 4.74 Å². The number of anilines is 1. The van der Waals surface area contributed by atoms with Gasteiger partial charge in [0.2, 0.25) is 10.0 Å². The van der Waals surface area contributed by atoms with Crippen LogP contribution >= 0.6 is 11.3 Å². The molecule has 1 aliphatic rings. The van der Waals surface area contributed by atoms with Crippen molar-refractivity contribution in [3.63, 3.8) is 0 Å². The number of hydrogen-bond donors (Lipinski definition) is 0. The molecule has 0 bridgehead atoms. The van der Waals surface area contributed by atoms with Crippen LogP contribution in [-0.4, -0.2) is 56.0 Å². The second kappa shape index (κ2) is 12.5. The first-order chi connectivity index (χ1) is 18.5. The summed E-state index contributed by atoms with van der Waals surface area (Å²) in [6.45, 7) is 14.3. The van der Waals surface area contributed by atoms with Crippen molar-refractivity contribution in [3.8, 4) is 0 Å². The molecular formula is C30H41N3O4S2. The Bertz CT molecular complexity index is 1360. The lowest BCUT2D eigenvalue weighted by Gasteiger charge is -2.26. The number of carbonyl (C=O) groups is 1. The van der Waals surface area contributed by atoms with Crippen molar-refractivity contribution < 1.29 is 17.9 Å². The Morgan fingerprint density at radius 2 is 1.69 bits per heavy atom. The fourth-order valence-electron chi connectivity index (χ4n) is 4.94. The Labute approximate surface area is 237 Å². The average Bonchev–Trinajstić information content (AvgIpc) is 3.55. The average molecular weight is 572 g/mol. The second-order valence-corrected chi connectivity index (χ2v) is 14.5. The molecule has 1 aliphatic heterocycles. The second-order valence-electron chi connectivity index (χ2n) is 11.5. The molecule has 1 fully saturated rings. The van der Waals surface area contributed by atoms with E-state index in [2.05, 4.69) is 19.9 Å². The molecule has 7 nitrogen and oxygen atoms in total. The van der Waals surface area contributed by atoms with Crippen LogP contribution in [0.2, 0.25) is 0 Å². The summed E-state index contributed by atoms with van der Waals surface area (Å²) in [5.74, 6) is 0.513. The molecule has 1 saturated heterocycles. The van der Waals surface area contributed by atoms with E-state index in [4.69, 9.17) is 9.72 Å². The molecule has 1 atom stereocenters. The van der Waals surface area contributed by atoms with Gasteiger partial charge in [0.15, 0.2) is 5.13 Å². The van der Waals surface area contributed by atoms with Crippen molar-refractivity contribution in [3.05, 3.63) is 53.6 Å². The van der Waals surface area contributed by atoms with Gasteiger partial charge in [-0.1, -0.05) is 65.0 Å². The van der Waals surface area contributed by atoms with Gasteiger partial charge >= 0.3 is 0 Å². The van der Waals surface area contributed by atoms with Crippen molar-refractivity contribution in [1.82, 2.24) is 9.29 Å². The van der Waals surface area contributed by atoms with Crippen LogP contribution in [0.3, 0.4) is 0 Å². The van der Waals surface area contributed by atoms with E-state index in [0.29, 0.717) is 42.9 Å². The Morgan fingerprint density at radius 3 is 2.26 bits per heavy atom. The highest BCUT2D eigenvalue weighted by molar-refractivity contribution is 7.89. The van der Waals surface area contributed by atoms with Crippen molar-refractivity contribution in [2.24, 2.45) is 11.8 Å². The summed E-state index contributed by atoms with van der Waals surface area (Å²) < 4.78 is 35.4. The lowest BCUT2D eigenvalue weighted by Crippen LogP contribution is -2.38. The smallest absolute Gasteiger partial charge is 0.260 e. The fraction of sp³-hybridized carbons (Fsp3) is 0.533. The molecule has 2 aromatic carbocycles. The van der Waals surface area contributed by atoms with Crippen LogP contribution in [0, 0.1) is 11.8 Å². The molecule has 3 aromatic rings. The van der Waals surface area contributed by atoms with Crippen molar-refractivity contribution in [2.75, 3.05) is 31.1 Å². The van der Waals surface area contributed by atoms with Crippen LogP contribution < -0.4 is 4.90 Å². The topological polar surface area (TPSA) is 79.8 Å². The van der Waals surface area contributed by atoms with E-state index in [1.807, 2.05) is 39.8 Å². The molecule has 4 rings (SSSR count). The van der Waals surface area contributed by atoms with Gasteiger partial charge in [-0.2, -0.15) is 4.31 Å². The Morgan fingerprint density at radius 1 is 1.03 bits per heavy atom. The molecule has 0 saturated carbocycles. The van der Waals surface area contributed by atoms with Gasteiger partial charge in [0.25, 0.3) is 5.91 Å². The highest BCUT2D eigenvalue weighted by Crippen LogP contribution is 2.35. The van der Waals surface area contributed by atoms with Gasteiger partial charge in [0, 0.05) is 25.3 Å². The normalized spacial score (nSPS) is 16.3. The maximum atomic E-state index is 13.9. The standard InChI is InChI=1S/C30H41N3O4S2/c1-20(2)17-32(18-21(3)4)39(35,36)25-14-12-23(13-15-25)29(34)33(19-24-9-8-16-37-24)30-31-28-26(22(5)6)10-7-11-27(28)38-30/h7,10-15,20-22,24H,8-9,16-19H2,1-6H3. The fourth-order valence-corrected chi connectivity index (χ4v) is 7.71. The van der Waals surface area contributed by atoms with Crippen LogP contribution in [0.15, 0.2) is 47.4 Å². The van der Waals surface area contributed by atoms with Gasteiger partial charge in [0.05, 0.1) is 27.8 Å². The third kappa shape index (κ3) is 6.88.